The second kappa shape index (κ2) is 4.29. The Balaban J connectivity index is 2.62. The van der Waals surface area contributed by atoms with Crippen molar-refractivity contribution in [3.63, 3.8) is 0 Å². The Kier molecular flexibility index (Phi) is 3.32. The number of hydrogen-bond acceptors (Lipinski definition) is 3. The monoisotopic (exact) mass is 180 g/mol. The highest BCUT2D eigenvalue weighted by Crippen LogP contribution is 2.18. The molecule has 1 fully saturated rings. The third-order valence-corrected chi connectivity index (χ3v) is 2.63. The molecule has 72 valence electrons. The summed E-state index contributed by atoms with van der Waals surface area (Å²) < 4.78 is 0. The maximum atomic E-state index is 8.72. The standard InChI is InChI=1S/C10H16N2O/c1-4-5-12-7-8(2)10(11-13)6-9(12)3/h1,8-9,13H,5-7H2,2-3H3/b11-10-/t8-,9-/m1/s1. The molecular formula is C10H16N2O. The maximum Gasteiger partial charge on any atom is 0.0627 e. The summed E-state index contributed by atoms with van der Waals surface area (Å²) in [5.41, 5.74) is 0.890. The van der Waals surface area contributed by atoms with Gasteiger partial charge in [0.05, 0.1) is 12.3 Å². The number of piperidine rings is 1. The Bertz CT molecular complexity index is 242. The zero-order valence-corrected chi connectivity index (χ0v) is 8.20. The van der Waals surface area contributed by atoms with Gasteiger partial charge >= 0.3 is 0 Å². The lowest BCUT2D eigenvalue weighted by Crippen LogP contribution is -2.45. The van der Waals surface area contributed by atoms with Crippen LogP contribution < -0.4 is 0 Å². The van der Waals surface area contributed by atoms with Gasteiger partial charge in [0.25, 0.3) is 0 Å². The van der Waals surface area contributed by atoms with E-state index in [1.165, 1.54) is 0 Å². The molecule has 2 atom stereocenters. The van der Waals surface area contributed by atoms with Crippen molar-refractivity contribution >= 4 is 5.71 Å². The predicted octanol–water partition coefficient (Wildman–Crippen LogP) is 1.18. The van der Waals surface area contributed by atoms with Crippen molar-refractivity contribution < 1.29 is 5.21 Å². The Labute approximate surface area is 79.4 Å². The van der Waals surface area contributed by atoms with Gasteiger partial charge in [-0.05, 0) is 6.92 Å². The van der Waals surface area contributed by atoms with E-state index in [4.69, 9.17) is 11.6 Å². The van der Waals surface area contributed by atoms with E-state index in [1.54, 1.807) is 0 Å². The Hall–Kier alpha value is -1.01. The number of terminal acetylenes is 1. The maximum absolute atomic E-state index is 8.72. The molecular weight excluding hydrogens is 164 g/mol. The van der Waals surface area contributed by atoms with E-state index in [-0.39, 0.29) is 0 Å². The quantitative estimate of drug-likeness (QED) is 0.373. The summed E-state index contributed by atoms with van der Waals surface area (Å²) in [5, 5.41) is 12.0. The second-order valence-corrected chi connectivity index (χ2v) is 3.68. The van der Waals surface area contributed by atoms with Crippen LogP contribution in [0.15, 0.2) is 5.16 Å². The minimum atomic E-state index is 0.314. The number of nitrogens with zero attached hydrogens (tertiary/aromatic N) is 2. The van der Waals surface area contributed by atoms with Crippen molar-refractivity contribution in [1.82, 2.24) is 4.90 Å². The van der Waals surface area contributed by atoms with Gasteiger partial charge in [0.15, 0.2) is 0 Å². The predicted molar refractivity (Wildman–Crippen MR) is 52.9 cm³/mol. The fourth-order valence-corrected chi connectivity index (χ4v) is 1.75. The van der Waals surface area contributed by atoms with Crippen LogP contribution in [0.4, 0.5) is 0 Å². The molecule has 0 amide bonds. The van der Waals surface area contributed by atoms with Gasteiger partial charge in [0, 0.05) is 24.9 Å². The zero-order chi connectivity index (χ0) is 9.84. The lowest BCUT2D eigenvalue weighted by molar-refractivity contribution is 0.198. The summed E-state index contributed by atoms with van der Waals surface area (Å²) in [4.78, 5) is 2.24. The lowest BCUT2D eigenvalue weighted by Gasteiger charge is -2.35. The molecule has 13 heavy (non-hydrogen) atoms. The minimum absolute atomic E-state index is 0.314. The summed E-state index contributed by atoms with van der Waals surface area (Å²) in [7, 11) is 0. The van der Waals surface area contributed by atoms with E-state index in [0.29, 0.717) is 18.5 Å². The van der Waals surface area contributed by atoms with E-state index in [2.05, 4.69) is 29.8 Å². The Morgan fingerprint density at radius 3 is 2.92 bits per heavy atom. The van der Waals surface area contributed by atoms with Crippen LogP contribution in [0.5, 0.6) is 0 Å². The van der Waals surface area contributed by atoms with E-state index in [0.717, 1.165) is 18.7 Å². The highest BCUT2D eigenvalue weighted by atomic mass is 16.4. The molecule has 0 saturated carbocycles. The average Bonchev–Trinajstić information content (AvgIpc) is 2.11. The van der Waals surface area contributed by atoms with Crippen molar-refractivity contribution in [2.45, 2.75) is 26.3 Å². The summed E-state index contributed by atoms with van der Waals surface area (Å²) in [6, 6.07) is 0.387. The third kappa shape index (κ3) is 2.22. The summed E-state index contributed by atoms with van der Waals surface area (Å²) in [6.07, 6.45) is 6.08. The molecule has 1 rings (SSSR count). The van der Waals surface area contributed by atoms with Gasteiger partial charge < -0.3 is 5.21 Å². The third-order valence-electron chi connectivity index (χ3n) is 2.63. The van der Waals surface area contributed by atoms with Crippen molar-refractivity contribution in [1.29, 1.82) is 0 Å². The SMILES string of the molecule is C#CCN1C[C@@H](C)/C(=N\O)C[C@H]1C. The first-order valence-electron chi connectivity index (χ1n) is 4.57. The van der Waals surface area contributed by atoms with Crippen LogP contribution >= 0.6 is 0 Å². The first-order chi connectivity index (χ1) is 6.19. The van der Waals surface area contributed by atoms with Crippen LogP contribution in [0.2, 0.25) is 0 Å². The Morgan fingerprint density at radius 1 is 1.69 bits per heavy atom. The van der Waals surface area contributed by atoms with Gasteiger partial charge in [-0.3, -0.25) is 4.90 Å². The average molecular weight is 180 g/mol. The van der Waals surface area contributed by atoms with Crippen molar-refractivity contribution in [2.24, 2.45) is 11.1 Å². The molecule has 0 aromatic carbocycles. The molecule has 1 aliphatic rings. The van der Waals surface area contributed by atoms with Gasteiger partial charge in [0.1, 0.15) is 0 Å². The van der Waals surface area contributed by atoms with Crippen molar-refractivity contribution in [3.8, 4) is 12.3 Å². The van der Waals surface area contributed by atoms with E-state index >= 15 is 0 Å². The fraction of sp³-hybridized carbons (Fsp3) is 0.700. The van der Waals surface area contributed by atoms with Crippen LogP contribution in [0, 0.1) is 18.3 Å². The van der Waals surface area contributed by atoms with Crippen LogP contribution in [0.3, 0.4) is 0 Å². The zero-order valence-electron chi connectivity index (χ0n) is 8.20. The highest BCUT2D eigenvalue weighted by molar-refractivity contribution is 5.87. The smallest absolute Gasteiger partial charge is 0.0627 e. The molecule has 0 aromatic heterocycles. The van der Waals surface area contributed by atoms with Crippen LogP contribution in [-0.4, -0.2) is 35.0 Å². The summed E-state index contributed by atoms with van der Waals surface area (Å²) in [5.74, 6) is 2.96. The number of oxime groups is 1. The second-order valence-electron chi connectivity index (χ2n) is 3.68. The van der Waals surface area contributed by atoms with E-state index in [9.17, 15) is 0 Å². The van der Waals surface area contributed by atoms with Crippen molar-refractivity contribution in [3.05, 3.63) is 0 Å². The molecule has 0 spiro atoms. The molecule has 1 N–H and O–H groups in total. The molecule has 0 unspecified atom stereocenters. The van der Waals surface area contributed by atoms with E-state index < -0.39 is 0 Å². The Morgan fingerprint density at radius 2 is 2.38 bits per heavy atom. The van der Waals surface area contributed by atoms with Gasteiger partial charge in [-0.1, -0.05) is 18.0 Å². The molecule has 0 aromatic rings. The van der Waals surface area contributed by atoms with Crippen LogP contribution in [0.25, 0.3) is 0 Å². The van der Waals surface area contributed by atoms with Gasteiger partial charge in [0.2, 0.25) is 0 Å². The molecule has 1 heterocycles. The number of hydrogen-bond donors (Lipinski definition) is 1. The number of likely N-dealkylation sites (tertiary alicyclic amines) is 1. The minimum Gasteiger partial charge on any atom is -0.411 e. The molecule has 0 bridgehead atoms. The lowest BCUT2D eigenvalue weighted by atomic mass is 9.93. The van der Waals surface area contributed by atoms with Crippen LogP contribution in [0.1, 0.15) is 20.3 Å². The van der Waals surface area contributed by atoms with Gasteiger partial charge in [-0.15, -0.1) is 6.42 Å². The molecule has 3 nitrogen and oxygen atoms in total. The first kappa shape index (κ1) is 10.1. The van der Waals surface area contributed by atoms with Crippen molar-refractivity contribution in [2.75, 3.05) is 13.1 Å². The highest BCUT2D eigenvalue weighted by Gasteiger charge is 2.27. The molecule has 0 radical (unpaired) electrons. The number of rotatable bonds is 1. The molecule has 1 saturated heterocycles. The first-order valence-corrected chi connectivity index (χ1v) is 4.57. The summed E-state index contributed by atoms with van der Waals surface area (Å²) >= 11 is 0. The molecule has 3 heteroatoms. The fourth-order valence-electron chi connectivity index (χ4n) is 1.75. The molecule has 0 aliphatic carbocycles. The van der Waals surface area contributed by atoms with Gasteiger partial charge in [-0.25, -0.2) is 0 Å². The molecule has 1 aliphatic heterocycles. The topological polar surface area (TPSA) is 35.8 Å². The van der Waals surface area contributed by atoms with E-state index in [1.807, 2.05) is 0 Å². The summed E-state index contributed by atoms with van der Waals surface area (Å²) in [6.45, 7) is 5.74. The van der Waals surface area contributed by atoms with Gasteiger partial charge in [-0.2, -0.15) is 0 Å². The van der Waals surface area contributed by atoms with Crippen LogP contribution in [-0.2, 0) is 0 Å². The normalized spacial score (nSPS) is 33.2. The largest absolute Gasteiger partial charge is 0.411 e.